The van der Waals surface area contributed by atoms with E-state index in [2.05, 4.69) is 62.4 Å². The van der Waals surface area contributed by atoms with E-state index in [1.165, 1.54) is 75.0 Å². The van der Waals surface area contributed by atoms with Gasteiger partial charge in [0.25, 0.3) is 0 Å². The van der Waals surface area contributed by atoms with Gasteiger partial charge in [0.2, 0.25) is 0 Å². The normalized spacial score (nSPS) is 26.2. The van der Waals surface area contributed by atoms with Crippen LogP contribution in [0.5, 0.6) is 0 Å². The van der Waals surface area contributed by atoms with E-state index in [0.29, 0.717) is 5.41 Å². The van der Waals surface area contributed by atoms with Crippen molar-refractivity contribution in [1.29, 1.82) is 0 Å². The van der Waals surface area contributed by atoms with Gasteiger partial charge in [0.15, 0.2) is 5.78 Å². The van der Waals surface area contributed by atoms with E-state index in [0.717, 1.165) is 34.5 Å². The molecule has 4 fully saturated rings. The van der Waals surface area contributed by atoms with Gasteiger partial charge < -0.3 is 5.11 Å². The molecule has 4 bridgehead atoms. The van der Waals surface area contributed by atoms with Crippen LogP contribution in [0.2, 0.25) is 0 Å². The van der Waals surface area contributed by atoms with Gasteiger partial charge in [-0.15, -0.1) is 34.9 Å². The Balaban J connectivity index is 0.000000338. The van der Waals surface area contributed by atoms with Gasteiger partial charge in [-0.25, -0.2) is 0 Å². The fourth-order valence-electron chi connectivity index (χ4n) is 7.52. The molecule has 3 nitrogen and oxygen atoms in total. The molecular weight excluding hydrogens is 623 g/mol. The molecule has 4 heteroatoms. The first kappa shape index (κ1) is 26.8. The molecule has 4 aliphatic rings. The van der Waals surface area contributed by atoms with Crippen LogP contribution in [0.4, 0.5) is 0 Å². The molecule has 0 spiro atoms. The van der Waals surface area contributed by atoms with E-state index in [4.69, 9.17) is 10.1 Å². The number of allylic oxidation sites excluding steroid dienone is 2. The van der Waals surface area contributed by atoms with Gasteiger partial charge in [-0.2, -0.15) is 0 Å². The number of nitrogens with zero attached hydrogens (tertiary/aromatic N) is 1. The summed E-state index contributed by atoms with van der Waals surface area (Å²) in [6.45, 7) is 7.16. The number of aromatic nitrogens is 1. The van der Waals surface area contributed by atoms with E-state index in [1.54, 1.807) is 5.56 Å². The first-order valence-electron chi connectivity index (χ1n) is 13.0. The van der Waals surface area contributed by atoms with Gasteiger partial charge in [0.1, 0.15) is 0 Å². The molecule has 4 saturated carbocycles. The van der Waals surface area contributed by atoms with Crippen molar-refractivity contribution in [2.75, 3.05) is 0 Å². The molecule has 1 heterocycles. The zero-order valence-electron chi connectivity index (χ0n) is 21.7. The van der Waals surface area contributed by atoms with Crippen molar-refractivity contribution in [3.05, 3.63) is 77.1 Å². The van der Waals surface area contributed by atoms with Crippen molar-refractivity contribution in [2.24, 2.45) is 17.8 Å². The van der Waals surface area contributed by atoms with Crippen LogP contribution in [0.15, 0.2) is 54.3 Å². The summed E-state index contributed by atoms with van der Waals surface area (Å²) in [7, 11) is 0. The summed E-state index contributed by atoms with van der Waals surface area (Å²) in [6.07, 6.45) is 9.80. The van der Waals surface area contributed by atoms with E-state index >= 15 is 0 Å². The number of hydrogen-bond acceptors (Lipinski definition) is 3. The second-order valence-corrected chi connectivity index (χ2v) is 11.4. The quantitative estimate of drug-likeness (QED) is 0.177. The number of ketones is 1. The maximum absolute atomic E-state index is 10.0. The summed E-state index contributed by atoms with van der Waals surface area (Å²) < 4.78 is 0. The molecule has 0 saturated heterocycles. The molecule has 1 N–H and O–H groups in total. The Morgan fingerprint density at radius 3 is 2.14 bits per heavy atom. The van der Waals surface area contributed by atoms with Crippen LogP contribution in [0.3, 0.4) is 0 Å². The first-order valence-corrected chi connectivity index (χ1v) is 13.0. The zero-order valence-corrected chi connectivity index (χ0v) is 24.1. The van der Waals surface area contributed by atoms with Crippen molar-refractivity contribution in [1.82, 2.24) is 4.98 Å². The number of fused-ring (bicyclic) bond motifs is 1. The molecule has 1 aromatic heterocycles. The second kappa shape index (κ2) is 10.6. The SMILES string of the molecule is CC(=O)/C=C(/C)O.Cc1[c-]c(-c2cc(C34CC5CC(CC(C5)C3)C4)c3ccccc3n2)cc(C)c1.[Ir]. The number of aliphatic hydroxyl groups is 1. The first-order chi connectivity index (χ1) is 16.7. The molecule has 0 amide bonds. The minimum Gasteiger partial charge on any atom is -0.512 e. The number of aliphatic hydroxyl groups excluding tert-OH is 1. The van der Waals surface area contributed by atoms with Crippen LogP contribution in [-0.2, 0) is 30.3 Å². The molecule has 7 rings (SSSR count). The maximum Gasteiger partial charge on any atom is 0.155 e. The van der Waals surface area contributed by atoms with Gasteiger partial charge >= 0.3 is 0 Å². The van der Waals surface area contributed by atoms with Crippen molar-refractivity contribution in [3.63, 3.8) is 0 Å². The average molecular weight is 659 g/mol. The molecule has 4 aliphatic carbocycles. The Morgan fingerprint density at radius 1 is 1.00 bits per heavy atom. The number of para-hydroxylation sites is 1. The Labute approximate surface area is 228 Å². The Hall–Kier alpha value is -2.29. The third-order valence-electron chi connectivity index (χ3n) is 8.16. The van der Waals surface area contributed by atoms with Crippen LogP contribution in [0.1, 0.15) is 69.1 Å². The molecule has 0 unspecified atom stereocenters. The number of benzene rings is 2. The predicted octanol–water partition coefficient (Wildman–Crippen LogP) is 7.82. The van der Waals surface area contributed by atoms with E-state index in [9.17, 15) is 4.79 Å². The van der Waals surface area contributed by atoms with Gasteiger partial charge in [-0.3, -0.25) is 9.78 Å². The largest absolute Gasteiger partial charge is 0.512 e. The number of rotatable bonds is 3. The Bertz CT molecular complexity index is 1250. The molecule has 2 aromatic carbocycles. The molecule has 1 radical (unpaired) electrons. The summed E-state index contributed by atoms with van der Waals surface area (Å²) in [5.41, 5.74) is 7.85. The summed E-state index contributed by atoms with van der Waals surface area (Å²) in [5, 5.41) is 9.75. The average Bonchev–Trinajstić information content (AvgIpc) is 2.76. The van der Waals surface area contributed by atoms with Gasteiger partial charge in [0.05, 0.1) is 11.3 Å². The molecule has 3 aromatic rings. The Morgan fingerprint density at radius 2 is 1.61 bits per heavy atom. The maximum atomic E-state index is 10.0. The van der Waals surface area contributed by atoms with Crippen LogP contribution in [0, 0.1) is 37.7 Å². The third-order valence-corrected chi connectivity index (χ3v) is 8.16. The van der Waals surface area contributed by atoms with Crippen LogP contribution in [0.25, 0.3) is 22.2 Å². The van der Waals surface area contributed by atoms with E-state index in [1.807, 2.05) is 0 Å². The minimum absolute atomic E-state index is 0. The van der Waals surface area contributed by atoms with Crippen molar-refractivity contribution in [3.8, 4) is 11.3 Å². The molecule has 0 atom stereocenters. The fourth-order valence-corrected chi connectivity index (χ4v) is 7.52. The summed E-state index contributed by atoms with van der Waals surface area (Å²) in [5.74, 6) is 2.80. The fraction of sp³-hybridized carbons (Fsp3) is 0.438. The summed E-state index contributed by atoms with van der Waals surface area (Å²) in [4.78, 5) is 15.1. The number of carbonyl (C=O) groups is 1. The number of hydrogen-bond donors (Lipinski definition) is 1. The molecule has 191 valence electrons. The Kier molecular flexibility index (Phi) is 7.88. The molecule has 0 aliphatic heterocycles. The summed E-state index contributed by atoms with van der Waals surface area (Å²) in [6, 6.07) is 19.3. The van der Waals surface area contributed by atoms with E-state index < -0.39 is 0 Å². The van der Waals surface area contributed by atoms with Gasteiger partial charge in [-0.05, 0) is 92.9 Å². The van der Waals surface area contributed by atoms with Gasteiger partial charge in [-0.1, -0.05) is 38.1 Å². The number of aryl methyl sites for hydroxylation is 2. The van der Waals surface area contributed by atoms with Crippen molar-refractivity contribution in [2.45, 2.75) is 71.6 Å². The zero-order chi connectivity index (χ0) is 24.7. The molecule has 36 heavy (non-hydrogen) atoms. The van der Waals surface area contributed by atoms with E-state index in [-0.39, 0.29) is 31.6 Å². The summed E-state index contributed by atoms with van der Waals surface area (Å²) >= 11 is 0. The standard InChI is InChI=1S/C27H28N.C5H8O2.Ir/c1-17-7-18(2)9-22(8-17)26-13-24(23-5-3-4-6-25(23)28-26)27-14-19-10-20(15-27)12-21(11-19)16-27;1-4(6)3-5(2)7;/h3-8,13,19-21H,10-12,14-16H2,1-2H3;3,6H,1-2H3;/q-1;;/b;4-3-;. The molecular formula is C32H36IrNO2-. The van der Waals surface area contributed by atoms with Crippen LogP contribution >= 0.6 is 0 Å². The van der Waals surface area contributed by atoms with Crippen LogP contribution < -0.4 is 0 Å². The van der Waals surface area contributed by atoms with Crippen molar-refractivity contribution < 1.29 is 30.0 Å². The van der Waals surface area contributed by atoms with Gasteiger partial charge in [0, 0.05) is 31.6 Å². The monoisotopic (exact) mass is 659 g/mol. The third kappa shape index (κ3) is 5.50. The minimum atomic E-state index is -0.125. The smallest absolute Gasteiger partial charge is 0.155 e. The topological polar surface area (TPSA) is 50.2 Å². The number of carbonyl (C=O) groups excluding carboxylic acids is 1. The second-order valence-electron chi connectivity index (χ2n) is 11.4. The van der Waals surface area contributed by atoms with Crippen LogP contribution in [-0.4, -0.2) is 15.9 Å². The number of pyridine rings is 1. The predicted molar refractivity (Wildman–Crippen MR) is 142 cm³/mol. The van der Waals surface area contributed by atoms with Crippen molar-refractivity contribution >= 4 is 16.7 Å².